The van der Waals surface area contributed by atoms with Gasteiger partial charge in [0.25, 0.3) is 0 Å². The highest BCUT2D eigenvalue weighted by molar-refractivity contribution is 5.79. The summed E-state index contributed by atoms with van der Waals surface area (Å²) in [6, 6.07) is 5.15. The Balaban J connectivity index is 2.07. The van der Waals surface area contributed by atoms with Gasteiger partial charge in [0.2, 0.25) is 0 Å². The summed E-state index contributed by atoms with van der Waals surface area (Å²) in [6.07, 6.45) is 3.69. The molecule has 4 heteroatoms. The lowest BCUT2D eigenvalue weighted by atomic mass is 10.2. The summed E-state index contributed by atoms with van der Waals surface area (Å²) >= 11 is 0. The van der Waals surface area contributed by atoms with E-state index in [9.17, 15) is 4.79 Å². The van der Waals surface area contributed by atoms with Crippen LogP contribution in [0.25, 0.3) is 0 Å². The number of aldehydes is 1. The number of methoxy groups -OCH3 is 1. The number of carbonyl (C=O) groups is 1. The molecule has 0 spiro atoms. The van der Waals surface area contributed by atoms with E-state index in [4.69, 9.17) is 14.2 Å². The quantitative estimate of drug-likeness (QED) is 0.753. The normalized spacial score (nSPS) is 19.7. The van der Waals surface area contributed by atoms with Crippen molar-refractivity contribution in [1.82, 2.24) is 0 Å². The molecule has 0 radical (unpaired) electrons. The first-order chi connectivity index (χ1) is 8.33. The Labute approximate surface area is 100 Å². The average Bonchev–Trinajstić information content (AvgIpc) is 2.40. The summed E-state index contributed by atoms with van der Waals surface area (Å²) in [5.74, 6) is 1.19. The lowest BCUT2D eigenvalue weighted by Crippen LogP contribution is -2.24. The summed E-state index contributed by atoms with van der Waals surface area (Å²) in [5.41, 5.74) is 0.518. The van der Waals surface area contributed by atoms with Crippen LogP contribution in [0.15, 0.2) is 18.2 Å². The van der Waals surface area contributed by atoms with Gasteiger partial charge in [-0.2, -0.15) is 0 Å². The Kier molecular flexibility index (Phi) is 3.98. The zero-order valence-corrected chi connectivity index (χ0v) is 9.85. The van der Waals surface area contributed by atoms with Crippen LogP contribution < -0.4 is 9.47 Å². The SMILES string of the molecule is COc1cc(OC2CCCCO2)ccc1C=O. The second-order valence-corrected chi connectivity index (χ2v) is 3.94. The van der Waals surface area contributed by atoms with Gasteiger partial charge < -0.3 is 14.2 Å². The fraction of sp³-hybridized carbons (Fsp3) is 0.462. The molecule has 2 rings (SSSR count). The van der Waals surface area contributed by atoms with Gasteiger partial charge in [-0.15, -0.1) is 0 Å². The van der Waals surface area contributed by atoms with Crippen molar-refractivity contribution in [3.63, 3.8) is 0 Å². The molecule has 1 heterocycles. The molecule has 1 atom stereocenters. The van der Waals surface area contributed by atoms with E-state index in [1.54, 1.807) is 18.2 Å². The summed E-state index contributed by atoms with van der Waals surface area (Å²) in [5, 5.41) is 0. The molecule has 0 N–H and O–H groups in total. The Bertz CT molecular complexity index is 383. The Morgan fingerprint density at radius 3 is 2.94 bits per heavy atom. The maximum atomic E-state index is 10.7. The first-order valence-corrected chi connectivity index (χ1v) is 5.75. The molecule has 17 heavy (non-hydrogen) atoms. The highest BCUT2D eigenvalue weighted by atomic mass is 16.7. The lowest BCUT2D eigenvalue weighted by molar-refractivity contribution is -0.105. The van der Waals surface area contributed by atoms with Gasteiger partial charge in [-0.1, -0.05) is 0 Å². The molecule has 0 bridgehead atoms. The van der Waals surface area contributed by atoms with Crippen LogP contribution in [0.5, 0.6) is 11.5 Å². The van der Waals surface area contributed by atoms with Crippen LogP contribution in [0.3, 0.4) is 0 Å². The lowest BCUT2D eigenvalue weighted by Gasteiger charge is -2.23. The Morgan fingerprint density at radius 1 is 1.41 bits per heavy atom. The summed E-state index contributed by atoms with van der Waals surface area (Å²) < 4.78 is 16.3. The smallest absolute Gasteiger partial charge is 0.199 e. The van der Waals surface area contributed by atoms with Crippen molar-refractivity contribution in [2.45, 2.75) is 25.6 Å². The number of ether oxygens (including phenoxy) is 3. The number of hydrogen-bond acceptors (Lipinski definition) is 4. The van der Waals surface area contributed by atoms with Gasteiger partial charge in [-0.25, -0.2) is 0 Å². The van der Waals surface area contributed by atoms with Gasteiger partial charge in [0, 0.05) is 12.5 Å². The van der Waals surface area contributed by atoms with Crippen LogP contribution in [-0.2, 0) is 4.74 Å². The van der Waals surface area contributed by atoms with Crippen molar-refractivity contribution in [3.05, 3.63) is 23.8 Å². The predicted octanol–water partition coefficient (Wildman–Crippen LogP) is 2.41. The highest BCUT2D eigenvalue weighted by Gasteiger charge is 2.15. The van der Waals surface area contributed by atoms with E-state index in [1.807, 2.05) is 0 Å². The van der Waals surface area contributed by atoms with E-state index in [0.29, 0.717) is 17.1 Å². The third-order valence-corrected chi connectivity index (χ3v) is 2.74. The third-order valence-electron chi connectivity index (χ3n) is 2.74. The molecule has 1 aromatic carbocycles. The molecule has 1 aliphatic heterocycles. The van der Waals surface area contributed by atoms with Gasteiger partial charge in [-0.3, -0.25) is 4.79 Å². The molecule has 1 unspecified atom stereocenters. The number of benzene rings is 1. The first-order valence-electron chi connectivity index (χ1n) is 5.75. The van der Waals surface area contributed by atoms with Crippen molar-refractivity contribution in [2.75, 3.05) is 13.7 Å². The largest absolute Gasteiger partial charge is 0.496 e. The molecule has 1 fully saturated rings. The Hall–Kier alpha value is -1.55. The molecule has 0 amide bonds. The summed E-state index contributed by atoms with van der Waals surface area (Å²) in [6.45, 7) is 0.744. The molecular formula is C13H16O4. The van der Waals surface area contributed by atoms with Crippen molar-refractivity contribution < 1.29 is 19.0 Å². The maximum Gasteiger partial charge on any atom is 0.199 e. The topological polar surface area (TPSA) is 44.8 Å². The fourth-order valence-corrected chi connectivity index (χ4v) is 1.82. The fourth-order valence-electron chi connectivity index (χ4n) is 1.82. The molecule has 1 aliphatic rings. The van der Waals surface area contributed by atoms with Crippen LogP contribution >= 0.6 is 0 Å². The minimum absolute atomic E-state index is 0.185. The van der Waals surface area contributed by atoms with E-state index in [0.717, 1.165) is 32.2 Å². The van der Waals surface area contributed by atoms with Gasteiger partial charge in [0.15, 0.2) is 12.6 Å². The van der Waals surface area contributed by atoms with Gasteiger partial charge >= 0.3 is 0 Å². The van der Waals surface area contributed by atoms with Crippen molar-refractivity contribution in [2.24, 2.45) is 0 Å². The zero-order chi connectivity index (χ0) is 12.1. The molecule has 1 saturated heterocycles. The van der Waals surface area contributed by atoms with E-state index in [-0.39, 0.29) is 6.29 Å². The molecular weight excluding hydrogens is 220 g/mol. The Morgan fingerprint density at radius 2 is 2.29 bits per heavy atom. The third kappa shape index (κ3) is 2.97. The molecule has 1 aromatic rings. The van der Waals surface area contributed by atoms with Crippen molar-refractivity contribution in [3.8, 4) is 11.5 Å². The summed E-state index contributed by atoms with van der Waals surface area (Å²) in [4.78, 5) is 10.7. The summed E-state index contributed by atoms with van der Waals surface area (Å²) in [7, 11) is 1.53. The van der Waals surface area contributed by atoms with Gasteiger partial charge in [-0.05, 0) is 25.0 Å². The van der Waals surface area contributed by atoms with E-state index >= 15 is 0 Å². The second-order valence-electron chi connectivity index (χ2n) is 3.94. The molecule has 4 nitrogen and oxygen atoms in total. The maximum absolute atomic E-state index is 10.7. The number of hydrogen-bond donors (Lipinski definition) is 0. The van der Waals surface area contributed by atoms with Crippen LogP contribution in [0, 0.1) is 0 Å². The number of rotatable bonds is 4. The first kappa shape index (κ1) is 11.9. The van der Waals surface area contributed by atoms with Gasteiger partial charge in [0.05, 0.1) is 19.3 Å². The van der Waals surface area contributed by atoms with Crippen LogP contribution in [0.1, 0.15) is 29.6 Å². The highest BCUT2D eigenvalue weighted by Crippen LogP contribution is 2.25. The van der Waals surface area contributed by atoms with Crippen molar-refractivity contribution >= 4 is 6.29 Å². The van der Waals surface area contributed by atoms with E-state index in [2.05, 4.69) is 0 Å². The van der Waals surface area contributed by atoms with Crippen LogP contribution in [-0.4, -0.2) is 26.3 Å². The average molecular weight is 236 g/mol. The standard InChI is InChI=1S/C13H16O4/c1-15-12-8-11(6-5-10(12)9-14)17-13-4-2-3-7-16-13/h5-6,8-9,13H,2-4,7H2,1H3. The minimum atomic E-state index is -0.185. The molecule has 0 aliphatic carbocycles. The van der Waals surface area contributed by atoms with Crippen LogP contribution in [0.4, 0.5) is 0 Å². The van der Waals surface area contributed by atoms with Gasteiger partial charge in [0.1, 0.15) is 11.5 Å². The molecule has 0 aromatic heterocycles. The second kappa shape index (κ2) is 5.68. The molecule has 92 valence electrons. The predicted molar refractivity (Wildman–Crippen MR) is 62.6 cm³/mol. The number of carbonyl (C=O) groups excluding carboxylic acids is 1. The monoisotopic (exact) mass is 236 g/mol. The molecule has 0 saturated carbocycles. The minimum Gasteiger partial charge on any atom is -0.496 e. The van der Waals surface area contributed by atoms with E-state index < -0.39 is 0 Å². The van der Waals surface area contributed by atoms with Crippen LogP contribution in [0.2, 0.25) is 0 Å². The van der Waals surface area contributed by atoms with Crippen molar-refractivity contribution in [1.29, 1.82) is 0 Å². The zero-order valence-electron chi connectivity index (χ0n) is 9.85. The van der Waals surface area contributed by atoms with E-state index in [1.165, 1.54) is 7.11 Å².